The second-order valence-corrected chi connectivity index (χ2v) is 4.85. The van der Waals surface area contributed by atoms with Crippen LogP contribution in [0.1, 0.15) is 10.4 Å². The van der Waals surface area contributed by atoms with Gasteiger partial charge in [-0.1, -0.05) is 17.7 Å². The van der Waals surface area contributed by atoms with Crippen molar-refractivity contribution >= 4 is 39.9 Å². The Kier molecular flexibility index (Phi) is 3.41. The van der Waals surface area contributed by atoms with Gasteiger partial charge in [-0.3, -0.25) is 14.8 Å². The maximum absolute atomic E-state index is 12.4. The Hall–Kier alpha value is -2.66. The molecule has 0 unspecified atom stereocenters. The zero-order valence-corrected chi connectivity index (χ0v) is 11.6. The molecule has 0 fully saturated rings. The summed E-state index contributed by atoms with van der Waals surface area (Å²) in [6.45, 7) is 0. The van der Waals surface area contributed by atoms with Crippen LogP contribution in [0.3, 0.4) is 0 Å². The minimum Gasteiger partial charge on any atom is -0.397 e. The van der Waals surface area contributed by atoms with Crippen molar-refractivity contribution in [1.82, 2.24) is 9.97 Å². The van der Waals surface area contributed by atoms with Crippen molar-refractivity contribution in [3.63, 3.8) is 0 Å². The molecule has 0 spiro atoms. The fourth-order valence-corrected chi connectivity index (χ4v) is 2.19. The van der Waals surface area contributed by atoms with Crippen LogP contribution >= 0.6 is 11.6 Å². The van der Waals surface area contributed by atoms with Crippen molar-refractivity contribution in [1.29, 1.82) is 0 Å². The number of amides is 1. The predicted octanol–water partition coefficient (Wildman–Crippen LogP) is 3.12. The van der Waals surface area contributed by atoms with E-state index in [2.05, 4.69) is 15.3 Å². The maximum Gasteiger partial charge on any atom is 0.257 e. The summed E-state index contributed by atoms with van der Waals surface area (Å²) in [5.74, 6) is -0.296. The number of fused-ring (bicyclic) bond motifs is 1. The van der Waals surface area contributed by atoms with Crippen LogP contribution in [0.2, 0.25) is 5.02 Å². The third-order valence-corrected chi connectivity index (χ3v) is 3.24. The van der Waals surface area contributed by atoms with Gasteiger partial charge in [-0.2, -0.15) is 0 Å². The molecule has 0 radical (unpaired) electrons. The van der Waals surface area contributed by atoms with E-state index in [9.17, 15) is 4.79 Å². The van der Waals surface area contributed by atoms with E-state index in [4.69, 9.17) is 17.3 Å². The number of nitrogens with one attached hydrogen (secondary N) is 1. The van der Waals surface area contributed by atoms with Crippen LogP contribution < -0.4 is 11.1 Å². The van der Waals surface area contributed by atoms with Gasteiger partial charge in [0.2, 0.25) is 0 Å². The van der Waals surface area contributed by atoms with Crippen molar-refractivity contribution in [2.24, 2.45) is 0 Å². The van der Waals surface area contributed by atoms with Crippen LogP contribution in [-0.2, 0) is 0 Å². The monoisotopic (exact) mass is 298 g/mol. The molecular formula is C15H11ClN4O. The number of aromatic nitrogens is 2. The van der Waals surface area contributed by atoms with Crippen LogP contribution in [-0.4, -0.2) is 15.9 Å². The van der Waals surface area contributed by atoms with E-state index in [0.717, 1.165) is 0 Å². The lowest BCUT2D eigenvalue weighted by molar-refractivity contribution is 0.102. The molecule has 0 saturated heterocycles. The number of nitrogen functional groups attached to an aromatic ring is 1. The summed E-state index contributed by atoms with van der Waals surface area (Å²) in [6, 6.07) is 10.2. The first-order valence-electron chi connectivity index (χ1n) is 6.21. The van der Waals surface area contributed by atoms with Crippen molar-refractivity contribution in [2.75, 3.05) is 11.1 Å². The summed E-state index contributed by atoms with van der Waals surface area (Å²) in [5.41, 5.74) is 8.39. The smallest absolute Gasteiger partial charge is 0.257 e. The fraction of sp³-hybridized carbons (Fsp3) is 0. The van der Waals surface area contributed by atoms with Gasteiger partial charge in [0.05, 0.1) is 22.5 Å². The van der Waals surface area contributed by atoms with E-state index in [1.807, 2.05) is 0 Å². The van der Waals surface area contributed by atoms with Gasteiger partial charge in [-0.25, -0.2) is 0 Å². The molecule has 21 heavy (non-hydrogen) atoms. The number of hydrogen-bond donors (Lipinski definition) is 2. The molecule has 0 aliphatic rings. The first-order chi connectivity index (χ1) is 10.1. The fourth-order valence-electron chi connectivity index (χ4n) is 2.01. The highest BCUT2D eigenvalue weighted by atomic mass is 35.5. The van der Waals surface area contributed by atoms with Gasteiger partial charge >= 0.3 is 0 Å². The molecule has 0 atom stereocenters. The summed E-state index contributed by atoms with van der Waals surface area (Å²) in [4.78, 5) is 20.8. The third kappa shape index (κ3) is 2.64. The third-order valence-electron chi connectivity index (χ3n) is 3.01. The normalized spacial score (nSPS) is 10.5. The zero-order valence-electron chi connectivity index (χ0n) is 10.9. The SMILES string of the molecule is Nc1cc(Cl)ccc1NC(=O)c1cccc2nccnc12. The van der Waals surface area contributed by atoms with Crippen LogP contribution in [0.15, 0.2) is 48.8 Å². The Bertz CT molecular complexity index is 830. The molecular weight excluding hydrogens is 288 g/mol. The number of carbonyl (C=O) groups excluding carboxylic acids is 1. The number of hydrogen-bond acceptors (Lipinski definition) is 4. The molecule has 0 aliphatic heterocycles. The summed E-state index contributed by atoms with van der Waals surface area (Å²) in [5, 5.41) is 3.27. The Morgan fingerprint density at radius 2 is 1.95 bits per heavy atom. The average molecular weight is 299 g/mol. The lowest BCUT2D eigenvalue weighted by Crippen LogP contribution is -2.14. The van der Waals surface area contributed by atoms with E-state index >= 15 is 0 Å². The molecule has 3 N–H and O–H groups in total. The van der Waals surface area contributed by atoms with Crippen molar-refractivity contribution in [2.45, 2.75) is 0 Å². The van der Waals surface area contributed by atoms with Gasteiger partial charge < -0.3 is 11.1 Å². The Balaban J connectivity index is 1.97. The van der Waals surface area contributed by atoms with E-state index < -0.39 is 0 Å². The van der Waals surface area contributed by atoms with Gasteiger partial charge in [0.15, 0.2) is 0 Å². The van der Waals surface area contributed by atoms with Gasteiger partial charge in [-0.05, 0) is 30.3 Å². The second kappa shape index (κ2) is 5.38. The predicted molar refractivity (Wildman–Crippen MR) is 83.4 cm³/mol. The molecule has 1 heterocycles. The number of para-hydroxylation sites is 1. The minimum absolute atomic E-state index is 0.296. The second-order valence-electron chi connectivity index (χ2n) is 4.42. The zero-order chi connectivity index (χ0) is 14.8. The minimum atomic E-state index is -0.296. The molecule has 6 heteroatoms. The molecule has 0 aliphatic carbocycles. The average Bonchev–Trinajstić information content (AvgIpc) is 2.49. The number of benzene rings is 2. The van der Waals surface area contributed by atoms with Gasteiger partial charge in [0.25, 0.3) is 5.91 Å². The molecule has 104 valence electrons. The Labute approximate surface area is 125 Å². The van der Waals surface area contributed by atoms with E-state index in [1.54, 1.807) is 48.8 Å². The van der Waals surface area contributed by atoms with Crippen molar-refractivity contribution in [3.8, 4) is 0 Å². The topological polar surface area (TPSA) is 80.9 Å². The number of carbonyl (C=O) groups is 1. The highest BCUT2D eigenvalue weighted by molar-refractivity contribution is 6.31. The van der Waals surface area contributed by atoms with E-state index in [-0.39, 0.29) is 5.91 Å². The molecule has 0 saturated carbocycles. The van der Waals surface area contributed by atoms with Crippen molar-refractivity contribution in [3.05, 3.63) is 59.4 Å². The number of nitrogens with two attached hydrogens (primary N) is 1. The van der Waals surface area contributed by atoms with Crippen LogP contribution in [0.25, 0.3) is 11.0 Å². The quantitative estimate of drug-likeness (QED) is 0.712. The molecule has 3 rings (SSSR count). The molecule has 0 bridgehead atoms. The standard InChI is InChI=1S/C15H11ClN4O/c16-9-4-5-12(11(17)8-9)20-15(21)10-2-1-3-13-14(10)19-7-6-18-13/h1-8H,17H2,(H,20,21). The highest BCUT2D eigenvalue weighted by Crippen LogP contribution is 2.24. The molecule has 1 aromatic heterocycles. The lowest BCUT2D eigenvalue weighted by atomic mass is 10.1. The van der Waals surface area contributed by atoms with Gasteiger partial charge in [0.1, 0.15) is 5.52 Å². The van der Waals surface area contributed by atoms with Gasteiger partial charge in [-0.15, -0.1) is 0 Å². The number of anilines is 2. The maximum atomic E-state index is 12.4. The first kappa shape index (κ1) is 13.3. The van der Waals surface area contributed by atoms with Gasteiger partial charge in [0, 0.05) is 17.4 Å². The highest BCUT2D eigenvalue weighted by Gasteiger charge is 2.12. The Morgan fingerprint density at radius 1 is 1.14 bits per heavy atom. The molecule has 3 aromatic rings. The van der Waals surface area contributed by atoms with Crippen LogP contribution in [0.5, 0.6) is 0 Å². The van der Waals surface area contributed by atoms with Crippen molar-refractivity contribution < 1.29 is 4.79 Å². The number of halogens is 1. The van der Waals surface area contributed by atoms with Crippen LogP contribution in [0.4, 0.5) is 11.4 Å². The van der Waals surface area contributed by atoms with Crippen LogP contribution in [0, 0.1) is 0 Å². The number of nitrogens with zero attached hydrogens (tertiary/aromatic N) is 2. The lowest BCUT2D eigenvalue weighted by Gasteiger charge is -2.09. The first-order valence-corrected chi connectivity index (χ1v) is 6.59. The summed E-state index contributed by atoms with van der Waals surface area (Å²) < 4.78 is 0. The Morgan fingerprint density at radius 3 is 2.76 bits per heavy atom. The summed E-state index contributed by atoms with van der Waals surface area (Å²) in [6.07, 6.45) is 3.14. The summed E-state index contributed by atoms with van der Waals surface area (Å²) >= 11 is 5.84. The molecule has 5 nitrogen and oxygen atoms in total. The largest absolute Gasteiger partial charge is 0.397 e. The van der Waals surface area contributed by atoms with E-state index in [1.165, 1.54) is 0 Å². The molecule has 1 amide bonds. The van der Waals surface area contributed by atoms with E-state index in [0.29, 0.717) is 33.0 Å². The molecule has 2 aromatic carbocycles. The number of rotatable bonds is 2. The summed E-state index contributed by atoms with van der Waals surface area (Å²) in [7, 11) is 0.